The van der Waals surface area contributed by atoms with Crippen LogP contribution in [0.4, 0.5) is 5.69 Å². The van der Waals surface area contributed by atoms with E-state index in [-0.39, 0.29) is 42.2 Å². The van der Waals surface area contributed by atoms with Crippen molar-refractivity contribution in [2.45, 2.75) is 51.6 Å². The highest BCUT2D eigenvalue weighted by molar-refractivity contribution is 5.98. The van der Waals surface area contributed by atoms with Crippen LogP contribution >= 0.6 is 12.4 Å². The lowest BCUT2D eigenvalue weighted by atomic mass is 9.96. The van der Waals surface area contributed by atoms with Crippen molar-refractivity contribution >= 4 is 29.9 Å². The standard InChI is InChI=1S/C19H27N3O2.ClH/c1-12-10-16(12)18(23)21-15-7-5-6-14(11-15)19(24)22-9-4-3-8-17(22)13(2)20;/h5-7,11-13,16-17H,3-4,8-10,20H2,1-2H3,(H,21,23);1H. The molecule has 6 heteroatoms. The van der Waals surface area contributed by atoms with E-state index in [1.54, 1.807) is 6.07 Å². The Balaban J connectivity index is 0.00000225. The van der Waals surface area contributed by atoms with Crippen molar-refractivity contribution in [2.75, 3.05) is 11.9 Å². The molecule has 1 aliphatic heterocycles. The van der Waals surface area contributed by atoms with Gasteiger partial charge in [0.1, 0.15) is 0 Å². The SMILES string of the molecule is CC(N)C1CCCCN1C(=O)c1cccc(NC(=O)C2CC2C)c1.Cl. The van der Waals surface area contributed by atoms with Crippen LogP contribution in [0.3, 0.4) is 0 Å². The highest BCUT2D eigenvalue weighted by Gasteiger charge is 2.39. The Labute approximate surface area is 155 Å². The Morgan fingerprint density at radius 2 is 2.04 bits per heavy atom. The second-order valence-corrected chi connectivity index (χ2v) is 7.31. The predicted octanol–water partition coefficient (Wildman–Crippen LogP) is 3.04. The molecule has 1 aliphatic carbocycles. The summed E-state index contributed by atoms with van der Waals surface area (Å²) in [6.45, 7) is 4.79. The van der Waals surface area contributed by atoms with E-state index in [2.05, 4.69) is 12.2 Å². The van der Waals surface area contributed by atoms with Gasteiger partial charge >= 0.3 is 0 Å². The van der Waals surface area contributed by atoms with Crippen molar-refractivity contribution in [3.63, 3.8) is 0 Å². The third kappa shape index (κ3) is 4.53. The van der Waals surface area contributed by atoms with Gasteiger partial charge in [0.2, 0.25) is 5.91 Å². The summed E-state index contributed by atoms with van der Waals surface area (Å²) in [6, 6.07) is 7.31. The molecule has 0 aromatic heterocycles. The summed E-state index contributed by atoms with van der Waals surface area (Å²) in [5.41, 5.74) is 7.38. The summed E-state index contributed by atoms with van der Waals surface area (Å²) >= 11 is 0. The lowest BCUT2D eigenvalue weighted by Crippen LogP contribution is -2.51. The minimum atomic E-state index is -0.0338. The topological polar surface area (TPSA) is 75.4 Å². The number of piperidine rings is 1. The van der Waals surface area contributed by atoms with Gasteiger partial charge in [-0.1, -0.05) is 13.0 Å². The van der Waals surface area contributed by atoms with Crippen LogP contribution in [0.1, 0.15) is 49.9 Å². The number of carbonyl (C=O) groups is 2. The molecule has 4 unspecified atom stereocenters. The molecule has 2 aliphatic rings. The van der Waals surface area contributed by atoms with E-state index in [1.807, 2.05) is 30.0 Å². The van der Waals surface area contributed by atoms with Gasteiger partial charge < -0.3 is 16.0 Å². The van der Waals surface area contributed by atoms with E-state index in [4.69, 9.17) is 5.73 Å². The molecule has 2 amide bonds. The fourth-order valence-corrected chi connectivity index (χ4v) is 3.57. The normalized spacial score (nSPS) is 26.4. The monoisotopic (exact) mass is 365 g/mol. The molecule has 0 radical (unpaired) electrons. The first-order valence-electron chi connectivity index (χ1n) is 8.95. The largest absolute Gasteiger partial charge is 0.334 e. The van der Waals surface area contributed by atoms with Gasteiger partial charge in [0.15, 0.2) is 0 Å². The molecule has 138 valence electrons. The Morgan fingerprint density at radius 3 is 2.68 bits per heavy atom. The average Bonchev–Trinajstić information content (AvgIpc) is 3.31. The van der Waals surface area contributed by atoms with E-state index < -0.39 is 0 Å². The van der Waals surface area contributed by atoms with Gasteiger partial charge in [0.25, 0.3) is 5.91 Å². The lowest BCUT2D eigenvalue weighted by Gasteiger charge is -2.38. The zero-order valence-corrected chi connectivity index (χ0v) is 15.7. The molecule has 0 spiro atoms. The Hall–Kier alpha value is -1.59. The molecule has 1 heterocycles. The summed E-state index contributed by atoms with van der Waals surface area (Å²) < 4.78 is 0. The van der Waals surface area contributed by atoms with Crippen molar-refractivity contribution in [3.05, 3.63) is 29.8 Å². The molecule has 1 saturated heterocycles. The molecular formula is C19H28ClN3O2. The molecule has 5 nitrogen and oxygen atoms in total. The third-order valence-corrected chi connectivity index (χ3v) is 5.24. The number of halogens is 1. The van der Waals surface area contributed by atoms with Crippen molar-refractivity contribution in [1.82, 2.24) is 4.90 Å². The van der Waals surface area contributed by atoms with Crippen LogP contribution in [0.15, 0.2) is 24.3 Å². The summed E-state index contributed by atoms with van der Waals surface area (Å²) in [4.78, 5) is 26.9. The number of anilines is 1. The molecule has 1 saturated carbocycles. The number of likely N-dealkylation sites (tertiary alicyclic amines) is 1. The van der Waals surface area contributed by atoms with E-state index in [1.165, 1.54) is 0 Å². The number of hydrogen-bond donors (Lipinski definition) is 2. The minimum Gasteiger partial charge on any atom is -0.334 e. The van der Waals surface area contributed by atoms with E-state index in [0.717, 1.165) is 32.2 Å². The average molecular weight is 366 g/mol. The van der Waals surface area contributed by atoms with Crippen LogP contribution in [0, 0.1) is 11.8 Å². The summed E-state index contributed by atoms with van der Waals surface area (Å²) in [5.74, 6) is 0.648. The second-order valence-electron chi connectivity index (χ2n) is 7.31. The predicted molar refractivity (Wildman–Crippen MR) is 102 cm³/mol. The molecule has 2 fully saturated rings. The van der Waals surface area contributed by atoms with Gasteiger partial charge in [-0.2, -0.15) is 0 Å². The maximum Gasteiger partial charge on any atom is 0.254 e. The highest BCUT2D eigenvalue weighted by atomic mass is 35.5. The van der Waals surface area contributed by atoms with Crippen molar-refractivity contribution in [2.24, 2.45) is 17.6 Å². The molecule has 1 aromatic carbocycles. The maximum atomic E-state index is 12.9. The van der Waals surface area contributed by atoms with Gasteiger partial charge in [-0.3, -0.25) is 9.59 Å². The number of amides is 2. The minimum absolute atomic E-state index is 0. The van der Waals surface area contributed by atoms with E-state index in [9.17, 15) is 9.59 Å². The van der Waals surface area contributed by atoms with Crippen molar-refractivity contribution in [1.29, 1.82) is 0 Å². The number of rotatable bonds is 4. The third-order valence-electron chi connectivity index (χ3n) is 5.24. The highest BCUT2D eigenvalue weighted by Crippen LogP contribution is 2.38. The molecule has 1 aromatic rings. The molecule has 25 heavy (non-hydrogen) atoms. The van der Waals surface area contributed by atoms with Crippen LogP contribution in [-0.2, 0) is 4.79 Å². The fraction of sp³-hybridized carbons (Fsp3) is 0.579. The molecule has 0 bridgehead atoms. The number of benzene rings is 1. The zero-order chi connectivity index (χ0) is 17.3. The summed E-state index contributed by atoms with van der Waals surface area (Å²) in [6.07, 6.45) is 4.05. The van der Waals surface area contributed by atoms with Crippen LogP contribution in [0.2, 0.25) is 0 Å². The van der Waals surface area contributed by atoms with Crippen LogP contribution in [-0.4, -0.2) is 35.3 Å². The summed E-state index contributed by atoms with van der Waals surface area (Å²) in [7, 11) is 0. The van der Waals surface area contributed by atoms with Gasteiger partial charge in [0, 0.05) is 35.8 Å². The van der Waals surface area contributed by atoms with Crippen molar-refractivity contribution < 1.29 is 9.59 Å². The van der Waals surface area contributed by atoms with Crippen molar-refractivity contribution in [3.8, 4) is 0 Å². The van der Waals surface area contributed by atoms with Crippen LogP contribution in [0.25, 0.3) is 0 Å². The van der Waals surface area contributed by atoms with Crippen LogP contribution in [0.5, 0.6) is 0 Å². The number of nitrogens with zero attached hydrogens (tertiary/aromatic N) is 1. The smallest absolute Gasteiger partial charge is 0.254 e. The van der Waals surface area contributed by atoms with Gasteiger partial charge in [-0.15, -0.1) is 12.4 Å². The Kier molecular flexibility index (Phi) is 6.47. The molecule has 4 atom stereocenters. The first-order chi connectivity index (χ1) is 11.5. The molecular weight excluding hydrogens is 338 g/mol. The van der Waals surface area contributed by atoms with Gasteiger partial charge in [-0.05, 0) is 56.7 Å². The van der Waals surface area contributed by atoms with Gasteiger partial charge in [-0.25, -0.2) is 0 Å². The fourth-order valence-electron chi connectivity index (χ4n) is 3.57. The van der Waals surface area contributed by atoms with Gasteiger partial charge in [0.05, 0.1) is 0 Å². The Morgan fingerprint density at radius 1 is 1.32 bits per heavy atom. The van der Waals surface area contributed by atoms with E-state index in [0.29, 0.717) is 17.2 Å². The Bertz CT molecular complexity index is 635. The zero-order valence-electron chi connectivity index (χ0n) is 14.9. The summed E-state index contributed by atoms with van der Waals surface area (Å²) in [5, 5.41) is 2.93. The maximum absolute atomic E-state index is 12.9. The lowest BCUT2D eigenvalue weighted by molar-refractivity contribution is -0.117. The number of carbonyl (C=O) groups excluding carboxylic acids is 2. The first-order valence-corrected chi connectivity index (χ1v) is 8.95. The molecule has 3 rings (SSSR count). The number of hydrogen-bond acceptors (Lipinski definition) is 3. The number of nitrogens with two attached hydrogens (primary N) is 1. The molecule has 3 N–H and O–H groups in total. The second kappa shape index (κ2) is 8.19. The number of nitrogens with one attached hydrogen (secondary N) is 1. The quantitative estimate of drug-likeness (QED) is 0.861. The first kappa shape index (κ1) is 19.7. The van der Waals surface area contributed by atoms with E-state index >= 15 is 0 Å². The van der Waals surface area contributed by atoms with Crippen LogP contribution < -0.4 is 11.1 Å².